The minimum atomic E-state index is -4.62. The number of nitrogen functional groups attached to an aromatic ring is 1. The van der Waals surface area contributed by atoms with Gasteiger partial charge >= 0.3 is 24.6 Å². The Kier molecular flexibility index (Phi) is 18.6. The zero-order valence-corrected chi connectivity index (χ0v) is 54.0. The second-order valence-electron chi connectivity index (χ2n) is 23.7. The number of nitrogens with one attached hydrogen (secondary N) is 2. The van der Waals surface area contributed by atoms with E-state index >= 15 is 0 Å². The van der Waals surface area contributed by atoms with Crippen molar-refractivity contribution in [2.75, 3.05) is 43.4 Å². The maximum Gasteiger partial charge on any atom is 0.416 e. The number of methoxy groups -OCH3 is 3. The molecule has 9 aromatic rings. The summed E-state index contributed by atoms with van der Waals surface area (Å²) in [5, 5.41) is 14.6. The molecule has 3 atom stereocenters. The number of amides is 1. The van der Waals surface area contributed by atoms with Gasteiger partial charge in [0.2, 0.25) is 10.0 Å². The minimum absolute atomic E-state index is 0.121. The van der Waals surface area contributed by atoms with Crippen molar-refractivity contribution < 1.29 is 91.0 Å². The number of carbonyl (C=O) groups is 1. The fraction of sp³-hybridized carbons (Fsp3) is 0.236. The van der Waals surface area contributed by atoms with Crippen molar-refractivity contribution in [3.63, 3.8) is 0 Å². The molecule has 3 unspecified atom stereocenters. The third-order valence-corrected chi connectivity index (χ3v) is 16.7. The van der Waals surface area contributed by atoms with Crippen LogP contribution < -0.4 is 44.2 Å². The first-order valence-corrected chi connectivity index (χ1v) is 31.4. The highest BCUT2D eigenvalue weighted by Crippen LogP contribution is 2.56. The van der Waals surface area contributed by atoms with E-state index < -0.39 is 74.9 Å². The van der Waals surface area contributed by atoms with Crippen LogP contribution in [0, 0.1) is 20.8 Å². The Morgan fingerprint density at radius 3 is 1.42 bits per heavy atom. The molecule has 3 aliphatic rings. The number of hydrogen-bond acceptors (Lipinski definition) is 12. The number of benzene rings is 9. The van der Waals surface area contributed by atoms with Crippen molar-refractivity contribution in [1.29, 1.82) is 0 Å². The van der Waals surface area contributed by atoms with Gasteiger partial charge in [0.1, 0.15) is 52.3 Å². The van der Waals surface area contributed by atoms with Crippen LogP contribution in [0.2, 0.25) is 0 Å². The molecule has 5 N–H and O–H groups in total. The van der Waals surface area contributed by atoms with E-state index in [1.807, 2.05) is 19.1 Å². The molecule has 0 bridgehead atoms. The van der Waals surface area contributed by atoms with E-state index in [1.165, 1.54) is 38.5 Å². The average Bonchev–Trinajstić information content (AvgIpc) is 0.727. The lowest BCUT2D eigenvalue weighted by atomic mass is 9.83. The van der Waals surface area contributed by atoms with Crippen molar-refractivity contribution in [3.05, 3.63) is 231 Å². The number of aliphatic hydroxyl groups is 1. The van der Waals surface area contributed by atoms with Crippen LogP contribution in [0.15, 0.2) is 164 Å². The lowest BCUT2D eigenvalue weighted by Gasteiger charge is -2.38. The van der Waals surface area contributed by atoms with Crippen LogP contribution in [-0.4, -0.2) is 52.8 Å². The molecule has 1 amide bonds. The zero-order valence-electron chi connectivity index (χ0n) is 53.2. The van der Waals surface area contributed by atoms with Gasteiger partial charge in [-0.25, -0.2) is 13.2 Å². The van der Waals surface area contributed by atoms with Crippen molar-refractivity contribution >= 4 is 33.2 Å². The molecule has 0 spiro atoms. The Hall–Kier alpha value is -10.1. The predicted molar refractivity (Wildman–Crippen MR) is 345 cm³/mol. The van der Waals surface area contributed by atoms with Gasteiger partial charge in [-0.1, -0.05) is 72.8 Å². The van der Waals surface area contributed by atoms with E-state index in [1.54, 1.807) is 133 Å². The lowest BCUT2D eigenvalue weighted by Crippen LogP contribution is -2.38. The van der Waals surface area contributed by atoms with Crippen LogP contribution in [0.25, 0.3) is 33.4 Å². The summed E-state index contributed by atoms with van der Waals surface area (Å²) in [5.74, 6) is 0.563. The van der Waals surface area contributed by atoms with Gasteiger partial charge in [-0.05, 0) is 177 Å². The summed E-state index contributed by atoms with van der Waals surface area (Å²) in [5.41, 5.74) is 11.9. The van der Waals surface area contributed by atoms with E-state index in [9.17, 15) is 57.8 Å². The van der Waals surface area contributed by atoms with E-state index in [0.717, 1.165) is 64.9 Å². The third kappa shape index (κ3) is 13.9. The molecule has 0 radical (unpaired) electrons. The fourth-order valence-electron chi connectivity index (χ4n) is 11.8. The highest BCUT2D eigenvalue weighted by Gasteiger charge is 2.46. The summed E-state index contributed by atoms with van der Waals surface area (Å²) in [6.07, 6.45) is -14.8. The molecule has 14 nitrogen and oxygen atoms in total. The largest absolute Gasteiger partial charge is 0.496 e. The number of fused-ring (bicyclic) bond motifs is 9. The highest BCUT2D eigenvalue weighted by molar-refractivity contribution is 7.92. The fourth-order valence-corrected chi connectivity index (χ4v) is 12.5. The Labute approximate surface area is 547 Å². The number of rotatable bonds is 9. The van der Waals surface area contributed by atoms with E-state index in [-0.39, 0.29) is 16.9 Å². The van der Waals surface area contributed by atoms with Crippen LogP contribution in [0.3, 0.4) is 0 Å². The molecule has 0 fully saturated rings. The van der Waals surface area contributed by atoms with E-state index in [2.05, 4.69) is 10.0 Å². The quantitative estimate of drug-likeness (QED) is 0.0793. The minimum Gasteiger partial charge on any atom is -0.496 e. The summed E-state index contributed by atoms with van der Waals surface area (Å²) in [6, 6.07) is 40.3. The summed E-state index contributed by atoms with van der Waals surface area (Å²) in [4.78, 5) is 12.5. The van der Waals surface area contributed by atoms with Gasteiger partial charge in [0.05, 0.1) is 66.7 Å². The summed E-state index contributed by atoms with van der Waals surface area (Å²) in [7, 11) is 0.991. The number of nitrogens with two attached hydrogens (primary N) is 1. The molecule has 9 aromatic carbocycles. The van der Waals surface area contributed by atoms with Crippen LogP contribution in [0.4, 0.5) is 61.4 Å². The van der Waals surface area contributed by atoms with Gasteiger partial charge in [-0.2, -0.15) is 39.5 Å². The zero-order chi connectivity index (χ0) is 69.8. The lowest BCUT2D eigenvalue weighted by molar-refractivity contribution is -0.139. The Morgan fingerprint density at radius 2 is 0.948 bits per heavy atom. The van der Waals surface area contributed by atoms with Crippen LogP contribution >= 0.6 is 0 Å². The Bertz CT molecular complexity index is 4610. The van der Waals surface area contributed by atoms with Gasteiger partial charge in [-0.3, -0.25) is 10.0 Å². The van der Waals surface area contributed by atoms with Crippen LogP contribution in [-0.2, 0) is 39.1 Å². The maximum absolute atomic E-state index is 13.5. The standard InChI is InChI=1S/C27H26F3NO5.C23H20F3NO4S.C22H18F3NO2/c1-15-19(31-24(32)36-25(2,3)4)13-12-18-22-20(34-5)10-7-11-21(22)35-26(33,23(15)18)16-8-6-9-17(14-16)27(28,29)30;1-13-17(27-32(3,28)29)11-10-16-20(13)22(14-6-4-7-15(12-14)23(24,25)26)31-19-9-5-8-18(30-2)21(16)19;1-12-16(26)10-9-15-19(12)21(13-5-3-6-14(11-13)22(23,24)25)28-18-8-4-7-17(27-2)20(15)18/h6-14,33H,1-5H3,(H,31,32);4-12,22,27H,1-3H3;3-11,21H,26H2,1-2H3. The Morgan fingerprint density at radius 1 is 0.531 bits per heavy atom. The van der Waals surface area contributed by atoms with Gasteiger partial charge in [-0.15, -0.1) is 0 Å². The number of sulfonamides is 1. The molecule has 0 aliphatic carbocycles. The van der Waals surface area contributed by atoms with Crippen LogP contribution in [0.5, 0.6) is 34.5 Å². The average molecular weight is 1350 g/mol. The summed E-state index contributed by atoms with van der Waals surface area (Å²) < 4.78 is 187. The van der Waals surface area contributed by atoms with E-state index in [0.29, 0.717) is 95.9 Å². The molecule has 96 heavy (non-hydrogen) atoms. The molecule has 0 saturated carbocycles. The van der Waals surface area contributed by atoms with Gasteiger partial charge < -0.3 is 44.0 Å². The first-order valence-electron chi connectivity index (χ1n) is 29.5. The monoisotopic (exact) mass is 1350 g/mol. The van der Waals surface area contributed by atoms with Gasteiger partial charge in [0.15, 0.2) is 0 Å². The predicted octanol–water partition coefficient (Wildman–Crippen LogP) is 17.9. The summed E-state index contributed by atoms with van der Waals surface area (Å²) in [6.45, 7) is 10.3. The Balaban J connectivity index is 0.000000158. The number of ether oxygens (including phenoxy) is 7. The SMILES string of the molecule is COc1cccc2c1-c1ccc(N)c(C)c1C(c1cccc(C(F)(F)F)c1)O2.COc1cccc2c1-c1ccc(NC(=O)OC(C)(C)C)c(C)c1C(O)(c1cccc(C(F)(F)F)c1)O2.COc1cccc2c1-c1ccc(NS(C)(=O)=O)c(C)c1C(c1cccc(C(F)(F)F)c1)O2. The molecule has 502 valence electrons. The summed E-state index contributed by atoms with van der Waals surface area (Å²) >= 11 is 0. The van der Waals surface area contributed by atoms with Crippen molar-refractivity contribution in [1.82, 2.24) is 0 Å². The topological polar surface area (TPSA) is 186 Å². The highest BCUT2D eigenvalue weighted by atomic mass is 32.2. The number of carbonyl (C=O) groups excluding carboxylic acids is 1. The van der Waals surface area contributed by atoms with Crippen molar-refractivity contribution in [3.8, 4) is 67.9 Å². The second-order valence-corrected chi connectivity index (χ2v) is 25.4. The first kappa shape index (κ1) is 68.8. The number of hydrogen-bond donors (Lipinski definition) is 4. The molecule has 12 rings (SSSR count). The number of halogens is 9. The molecule has 0 saturated heterocycles. The van der Waals surface area contributed by atoms with E-state index in [4.69, 9.17) is 38.9 Å². The van der Waals surface area contributed by atoms with Crippen molar-refractivity contribution in [2.24, 2.45) is 0 Å². The second kappa shape index (κ2) is 25.9. The molecule has 3 aliphatic heterocycles. The molecule has 24 heteroatoms. The molecular weight excluding hydrogens is 1290 g/mol. The normalized spacial score (nSPS) is 16.0. The first-order chi connectivity index (χ1) is 45.0. The van der Waals surface area contributed by atoms with Gasteiger partial charge in [0.25, 0.3) is 5.79 Å². The number of anilines is 3. The van der Waals surface area contributed by atoms with Crippen molar-refractivity contribution in [2.45, 2.75) is 83.7 Å². The van der Waals surface area contributed by atoms with Gasteiger partial charge in [0, 0.05) is 33.6 Å². The van der Waals surface area contributed by atoms with Crippen LogP contribution in [0.1, 0.15) is 99.7 Å². The molecule has 3 heterocycles. The molecular formula is C72H64F9N3O11S. The number of alkyl halides is 9. The molecule has 0 aromatic heterocycles. The third-order valence-electron chi connectivity index (χ3n) is 16.1. The maximum atomic E-state index is 13.5. The smallest absolute Gasteiger partial charge is 0.416 e.